The van der Waals surface area contributed by atoms with Crippen LogP contribution in [0.5, 0.6) is 17.2 Å². The molecule has 0 saturated carbocycles. The second-order valence-corrected chi connectivity index (χ2v) is 7.05. The summed E-state index contributed by atoms with van der Waals surface area (Å²) >= 11 is 0. The lowest BCUT2D eigenvalue weighted by Gasteiger charge is -2.26. The molecule has 1 fully saturated rings. The summed E-state index contributed by atoms with van der Waals surface area (Å²) in [6.45, 7) is 4.14. The van der Waals surface area contributed by atoms with Crippen LogP contribution < -0.4 is 19.1 Å². The van der Waals surface area contributed by atoms with E-state index >= 15 is 0 Å². The van der Waals surface area contributed by atoms with E-state index in [0.29, 0.717) is 29.5 Å². The number of anilines is 1. The van der Waals surface area contributed by atoms with Crippen LogP contribution in [0.4, 0.5) is 5.69 Å². The standard InChI is InChI=1S/C22H22N2O6/c1-3-28-17-7-5-16(6-8-17)24-21(26)11-18(22(24)27)23(14(2)25)12-15-4-9-19-20(10-15)30-13-29-19/h4-10,18H,3,11-13H2,1-2H3/t18-/m1/s1. The number of ether oxygens (including phenoxy) is 3. The molecule has 0 N–H and O–H groups in total. The van der Waals surface area contributed by atoms with E-state index in [1.165, 1.54) is 11.8 Å². The van der Waals surface area contributed by atoms with Crippen LogP contribution in [0.3, 0.4) is 0 Å². The highest BCUT2D eigenvalue weighted by Crippen LogP contribution is 2.34. The number of hydrogen-bond donors (Lipinski definition) is 0. The Morgan fingerprint density at radius 3 is 2.57 bits per heavy atom. The summed E-state index contributed by atoms with van der Waals surface area (Å²) < 4.78 is 16.1. The minimum atomic E-state index is -0.855. The van der Waals surface area contributed by atoms with Gasteiger partial charge in [-0.15, -0.1) is 0 Å². The van der Waals surface area contributed by atoms with Crippen molar-refractivity contribution in [3.8, 4) is 17.2 Å². The summed E-state index contributed by atoms with van der Waals surface area (Å²) in [6, 6.07) is 11.3. The van der Waals surface area contributed by atoms with E-state index in [0.717, 1.165) is 10.5 Å². The maximum Gasteiger partial charge on any atom is 0.257 e. The predicted octanol–water partition coefficient (Wildman–Crippen LogP) is 2.49. The highest BCUT2D eigenvalue weighted by molar-refractivity contribution is 6.23. The molecule has 156 valence electrons. The van der Waals surface area contributed by atoms with Crippen LogP contribution in [0.15, 0.2) is 42.5 Å². The van der Waals surface area contributed by atoms with Crippen LogP contribution in [0, 0.1) is 0 Å². The van der Waals surface area contributed by atoms with Gasteiger partial charge in [0.1, 0.15) is 11.8 Å². The minimum absolute atomic E-state index is 0.0593. The molecule has 4 rings (SSSR count). The van der Waals surface area contributed by atoms with Crippen LogP contribution in [0.1, 0.15) is 25.8 Å². The molecule has 0 unspecified atom stereocenters. The molecule has 2 aliphatic heterocycles. The van der Waals surface area contributed by atoms with Crippen molar-refractivity contribution < 1.29 is 28.6 Å². The number of benzene rings is 2. The van der Waals surface area contributed by atoms with Crippen molar-refractivity contribution in [2.24, 2.45) is 0 Å². The molecule has 2 heterocycles. The molecule has 8 nitrogen and oxygen atoms in total. The van der Waals surface area contributed by atoms with Gasteiger partial charge in [-0.3, -0.25) is 14.4 Å². The molecular weight excluding hydrogens is 388 g/mol. The summed E-state index contributed by atoms with van der Waals surface area (Å²) in [5.74, 6) is 0.853. The number of imide groups is 1. The van der Waals surface area contributed by atoms with Gasteiger partial charge in [0, 0.05) is 13.5 Å². The van der Waals surface area contributed by atoms with Gasteiger partial charge in [-0.1, -0.05) is 6.07 Å². The van der Waals surface area contributed by atoms with Gasteiger partial charge in [0.25, 0.3) is 5.91 Å². The van der Waals surface area contributed by atoms with Crippen LogP contribution in [-0.4, -0.2) is 42.1 Å². The van der Waals surface area contributed by atoms with Crippen LogP contribution in [0.25, 0.3) is 0 Å². The SMILES string of the molecule is CCOc1ccc(N2C(=O)C[C@@H](N(Cc3ccc4c(c3)OCO4)C(C)=O)C2=O)cc1. The first-order valence-corrected chi connectivity index (χ1v) is 9.73. The Bertz CT molecular complexity index is 988. The third kappa shape index (κ3) is 3.68. The minimum Gasteiger partial charge on any atom is -0.494 e. The molecule has 2 aliphatic rings. The normalized spacial score (nSPS) is 17.4. The van der Waals surface area contributed by atoms with Gasteiger partial charge in [0.2, 0.25) is 18.6 Å². The van der Waals surface area contributed by atoms with Crippen molar-refractivity contribution >= 4 is 23.4 Å². The van der Waals surface area contributed by atoms with Gasteiger partial charge in [-0.05, 0) is 48.9 Å². The summed E-state index contributed by atoms with van der Waals surface area (Å²) in [4.78, 5) is 40.6. The largest absolute Gasteiger partial charge is 0.494 e. The Morgan fingerprint density at radius 2 is 1.87 bits per heavy atom. The molecule has 2 aromatic rings. The number of hydrogen-bond acceptors (Lipinski definition) is 6. The average Bonchev–Trinajstić information content (AvgIpc) is 3.30. The molecule has 8 heteroatoms. The maximum absolute atomic E-state index is 13.1. The van der Waals surface area contributed by atoms with Crippen molar-refractivity contribution in [1.82, 2.24) is 4.90 Å². The Balaban J connectivity index is 1.54. The number of carbonyl (C=O) groups is 3. The van der Waals surface area contributed by atoms with Crippen LogP contribution >= 0.6 is 0 Å². The van der Waals surface area contributed by atoms with Crippen molar-refractivity contribution in [3.63, 3.8) is 0 Å². The van der Waals surface area contributed by atoms with E-state index < -0.39 is 11.9 Å². The topological polar surface area (TPSA) is 85.4 Å². The van der Waals surface area contributed by atoms with E-state index in [9.17, 15) is 14.4 Å². The molecule has 30 heavy (non-hydrogen) atoms. The second-order valence-electron chi connectivity index (χ2n) is 7.05. The summed E-state index contributed by atoms with van der Waals surface area (Å²) in [6.07, 6.45) is -0.0593. The van der Waals surface area contributed by atoms with Crippen molar-refractivity contribution in [2.75, 3.05) is 18.3 Å². The molecular formula is C22H22N2O6. The Kier molecular flexibility index (Phi) is 5.31. The molecule has 1 atom stereocenters. The number of amides is 3. The van der Waals surface area contributed by atoms with Gasteiger partial charge in [0.15, 0.2) is 11.5 Å². The zero-order valence-corrected chi connectivity index (χ0v) is 16.8. The molecule has 3 amide bonds. The third-order valence-electron chi connectivity index (χ3n) is 5.10. The van der Waals surface area contributed by atoms with E-state index in [-0.39, 0.29) is 31.6 Å². The van der Waals surface area contributed by atoms with Gasteiger partial charge < -0.3 is 19.1 Å². The quantitative estimate of drug-likeness (QED) is 0.681. The zero-order valence-electron chi connectivity index (χ0n) is 16.8. The fraction of sp³-hybridized carbons (Fsp3) is 0.318. The summed E-state index contributed by atoms with van der Waals surface area (Å²) in [7, 11) is 0. The average molecular weight is 410 g/mol. The zero-order chi connectivity index (χ0) is 21.3. The second kappa shape index (κ2) is 8.06. The summed E-state index contributed by atoms with van der Waals surface area (Å²) in [5, 5.41) is 0. The van der Waals surface area contributed by atoms with Gasteiger partial charge >= 0.3 is 0 Å². The molecule has 0 aliphatic carbocycles. The van der Waals surface area contributed by atoms with E-state index in [1.807, 2.05) is 13.0 Å². The lowest BCUT2D eigenvalue weighted by atomic mass is 10.1. The third-order valence-corrected chi connectivity index (χ3v) is 5.10. The number of nitrogens with zero attached hydrogens (tertiary/aromatic N) is 2. The van der Waals surface area contributed by atoms with Gasteiger partial charge in [-0.25, -0.2) is 4.90 Å². The summed E-state index contributed by atoms with van der Waals surface area (Å²) in [5.41, 5.74) is 1.25. The highest BCUT2D eigenvalue weighted by atomic mass is 16.7. The number of rotatable bonds is 6. The molecule has 0 aromatic heterocycles. The van der Waals surface area contributed by atoms with Crippen LogP contribution in [0.2, 0.25) is 0 Å². The van der Waals surface area contributed by atoms with Gasteiger partial charge in [0.05, 0.1) is 18.7 Å². The van der Waals surface area contributed by atoms with E-state index in [2.05, 4.69) is 0 Å². The maximum atomic E-state index is 13.1. The van der Waals surface area contributed by atoms with Gasteiger partial charge in [-0.2, -0.15) is 0 Å². The monoisotopic (exact) mass is 410 g/mol. The first-order chi connectivity index (χ1) is 14.5. The Morgan fingerprint density at radius 1 is 1.13 bits per heavy atom. The van der Waals surface area contributed by atoms with Crippen molar-refractivity contribution in [1.29, 1.82) is 0 Å². The van der Waals surface area contributed by atoms with Crippen LogP contribution in [-0.2, 0) is 20.9 Å². The van der Waals surface area contributed by atoms with E-state index in [4.69, 9.17) is 14.2 Å². The smallest absolute Gasteiger partial charge is 0.257 e. The number of carbonyl (C=O) groups excluding carboxylic acids is 3. The highest BCUT2D eigenvalue weighted by Gasteiger charge is 2.43. The lowest BCUT2D eigenvalue weighted by Crippen LogP contribution is -2.44. The molecule has 0 spiro atoms. The molecule has 2 aromatic carbocycles. The van der Waals surface area contributed by atoms with E-state index in [1.54, 1.807) is 36.4 Å². The first-order valence-electron chi connectivity index (χ1n) is 9.73. The predicted molar refractivity (Wildman–Crippen MR) is 107 cm³/mol. The lowest BCUT2D eigenvalue weighted by molar-refractivity contribution is -0.137. The molecule has 0 radical (unpaired) electrons. The Labute approximate surface area is 173 Å². The fourth-order valence-corrected chi connectivity index (χ4v) is 3.67. The fourth-order valence-electron chi connectivity index (χ4n) is 3.67. The Hall–Kier alpha value is -3.55. The van der Waals surface area contributed by atoms with Crippen molar-refractivity contribution in [2.45, 2.75) is 32.9 Å². The number of fused-ring (bicyclic) bond motifs is 1. The molecule has 0 bridgehead atoms. The molecule has 1 saturated heterocycles. The first kappa shape index (κ1) is 19.8. The van der Waals surface area contributed by atoms with Crippen molar-refractivity contribution in [3.05, 3.63) is 48.0 Å².